The van der Waals surface area contributed by atoms with Crippen molar-refractivity contribution in [3.8, 4) is 11.1 Å². The number of pyridine rings is 1. The number of thiophene rings is 1. The van der Waals surface area contributed by atoms with E-state index >= 15 is 0 Å². The smallest absolute Gasteiger partial charge is 0.259 e. The quantitative estimate of drug-likeness (QED) is 0.481. The van der Waals surface area contributed by atoms with Crippen LogP contribution in [0, 0.1) is 0 Å². The molecule has 3 aromatic heterocycles. The van der Waals surface area contributed by atoms with E-state index < -0.39 is 0 Å². The molecule has 0 spiro atoms. The first-order valence-electron chi connectivity index (χ1n) is 8.02. The van der Waals surface area contributed by atoms with Crippen molar-refractivity contribution in [3.63, 3.8) is 0 Å². The highest BCUT2D eigenvalue weighted by Gasteiger charge is 2.26. The minimum absolute atomic E-state index is 0.162. The average Bonchev–Trinajstić information content (AvgIpc) is 3.39. The van der Waals surface area contributed by atoms with Gasteiger partial charge in [-0.3, -0.25) is 9.89 Å². The Kier molecular flexibility index (Phi) is 3.32. The van der Waals surface area contributed by atoms with Crippen LogP contribution in [0.4, 0.5) is 11.5 Å². The Hall–Kier alpha value is -3.45. The van der Waals surface area contributed by atoms with Crippen molar-refractivity contribution in [2.24, 2.45) is 0 Å². The van der Waals surface area contributed by atoms with Gasteiger partial charge in [-0.15, -0.1) is 0 Å². The summed E-state index contributed by atoms with van der Waals surface area (Å²) in [6.07, 6.45) is 5.28. The van der Waals surface area contributed by atoms with Crippen LogP contribution in [0.25, 0.3) is 27.6 Å². The molecule has 3 N–H and O–H groups in total. The number of fused-ring (bicyclic) bond motifs is 2. The topological polar surface area (TPSA) is 82.7 Å². The van der Waals surface area contributed by atoms with E-state index in [9.17, 15) is 4.79 Å². The number of anilines is 2. The highest BCUT2D eigenvalue weighted by atomic mass is 32.1. The molecular formula is C19H13N5OS. The van der Waals surface area contributed by atoms with Crippen LogP contribution in [-0.2, 0) is 4.79 Å². The SMILES string of the molecule is O=C1Nc2ncc(-c3ccsc3)cc2C1=CNc1ccc2cn[nH]c2c1. The van der Waals surface area contributed by atoms with Crippen molar-refractivity contribution in [3.05, 3.63) is 65.2 Å². The molecule has 0 unspecified atom stereocenters. The summed E-state index contributed by atoms with van der Waals surface area (Å²) in [6, 6.07) is 9.90. The summed E-state index contributed by atoms with van der Waals surface area (Å²) in [5.74, 6) is 0.427. The molecule has 1 aliphatic heterocycles. The van der Waals surface area contributed by atoms with E-state index in [1.54, 1.807) is 29.9 Å². The highest BCUT2D eigenvalue weighted by molar-refractivity contribution is 7.08. The van der Waals surface area contributed by atoms with E-state index in [1.807, 2.05) is 35.7 Å². The minimum atomic E-state index is -0.162. The molecule has 0 atom stereocenters. The molecule has 26 heavy (non-hydrogen) atoms. The summed E-state index contributed by atoms with van der Waals surface area (Å²) in [7, 11) is 0. The van der Waals surface area contributed by atoms with Gasteiger partial charge in [0.05, 0.1) is 17.3 Å². The lowest BCUT2D eigenvalue weighted by Crippen LogP contribution is -2.05. The molecule has 1 amide bonds. The van der Waals surface area contributed by atoms with Crippen LogP contribution < -0.4 is 10.6 Å². The second kappa shape index (κ2) is 5.82. The third-order valence-corrected chi connectivity index (χ3v) is 5.02. The monoisotopic (exact) mass is 359 g/mol. The predicted octanol–water partition coefficient (Wildman–Crippen LogP) is 4.09. The Balaban J connectivity index is 1.50. The fraction of sp³-hybridized carbons (Fsp3) is 0. The molecule has 4 aromatic rings. The molecule has 1 aromatic carbocycles. The molecule has 1 aliphatic rings. The molecule has 0 saturated heterocycles. The summed E-state index contributed by atoms with van der Waals surface area (Å²) >= 11 is 1.63. The number of hydrogen-bond acceptors (Lipinski definition) is 5. The third kappa shape index (κ3) is 2.46. The van der Waals surface area contributed by atoms with E-state index in [2.05, 4.69) is 31.2 Å². The Bertz CT molecular complexity index is 1160. The van der Waals surface area contributed by atoms with Crippen molar-refractivity contribution < 1.29 is 4.79 Å². The molecule has 0 radical (unpaired) electrons. The lowest BCUT2D eigenvalue weighted by molar-refractivity contribution is -0.110. The van der Waals surface area contributed by atoms with Crippen LogP contribution in [0.3, 0.4) is 0 Å². The van der Waals surface area contributed by atoms with Crippen LogP contribution in [0.1, 0.15) is 5.56 Å². The first kappa shape index (κ1) is 14.9. The second-order valence-electron chi connectivity index (χ2n) is 5.96. The number of amides is 1. The van der Waals surface area contributed by atoms with Gasteiger partial charge in [-0.25, -0.2) is 4.98 Å². The summed E-state index contributed by atoms with van der Waals surface area (Å²) in [5.41, 5.74) is 5.26. The molecule has 0 bridgehead atoms. The maximum Gasteiger partial charge on any atom is 0.259 e. The number of rotatable bonds is 3. The van der Waals surface area contributed by atoms with Gasteiger partial charge in [0.1, 0.15) is 5.82 Å². The number of nitrogens with zero attached hydrogens (tertiary/aromatic N) is 2. The normalized spacial score (nSPS) is 14.6. The first-order chi connectivity index (χ1) is 12.8. The molecule has 6 nitrogen and oxygen atoms in total. The van der Waals surface area contributed by atoms with E-state index in [0.29, 0.717) is 11.4 Å². The fourth-order valence-electron chi connectivity index (χ4n) is 2.98. The largest absolute Gasteiger partial charge is 0.361 e. The minimum Gasteiger partial charge on any atom is -0.361 e. The van der Waals surface area contributed by atoms with E-state index in [-0.39, 0.29) is 5.91 Å². The van der Waals surface area contributed by atoms with Gasteiger partial charge in [-0.05, 0) is 46.7 Å². The van der Waals surface area contributed by atoms with Gasteiger partial charge in [0.2, 0.25) is 0 Å². The van der Waals surface area contributed by atoms with Crippen LogP contribution in [0.15, 0.2) is 59.7 Å². The lowest BCUT2D eigenvalue weighted by atomic mass is 10.1. The number of aromatic amines is 1. The number of H-pyrrole nitrogens is 1. The van der Waals surface area contributed by atoms with Crippen molar-refractivity contribution in [1.82, 2.24) is 15.2 Å². The van der Waals surface area contributed by atoms with Crippen molar-refractivity contribution in [1.29, 1.82) is 0 Å². The maximum atomic E-state index is 12.3. The van der Waals surface area contributed by atoms with Gasteiger partial charge in [0, 0.05) is 34.6 Å². The van der Waals surface area contributed by atoms with Crippen molar-refractivity contribution in [2.45, 2.75) is 0 Å². The molecule has 0 saturated carbocycles. The zero-order chi connectivity index (χ0) is 17.5. The first-order valence-corrected chi connectivity index (χ1v) is 8.96. The van der Waals surface area contributed by atoms with Gasteiger partial charge < -0.3 is 10.6 Å². The zero-order valence-electron chi connectivity index (χ0n) is 13.5. The Morgan fingerprint density at radius 1 is 1.12 bits per heavy atom. The molecule has 0 aliphatic carbocycles. The lowest BCUT2D eigenvalue weighted by Gasteiger charge is -2.04. The zero-order valence-corrected chi connectivity index (χ0v) is 14.3. The fourth-order valence-corrected chi connectivity index (χ4v) is 3.64. The van der Waals surface area contributed by atoms with Crippen molar-refractivity contribution >= 4 is 45.2 Å². The van der Waals surface area contributed by atoms with Gasteiger partial charge in [0.25, 0.3) is 5.91 Å². The standard InChI is InChI=1S/C19H13N5OS/c25-19-16(9-20-14-2-1-11-8-22-24-17(11)6-14)15-5-13(7-21-18(15)23-19)12-3-4-26-10-12/h1-10,20H,(H,22,24)(H,21,23,25). The third-order valence-electron chi connectivity index (χ3n) is 4.33. The van der Waals surface area contributed by atoms with Crippen molar-refractivity contribution in [2.75, 3.05) is 10.6 Å². The summed E-state index contributed by atoms with van der Waals surface area (Å²) in [6.45, 7) is 0. The number of carbonyl (C=O) groups is 1. The average molecular weight is 359 g/mol. The maximum absolute atomic E-state index is 12.3. The number of carbonyl (C=O) groups excluding carboxylic acids is 1. The number of hydrogen-bond donors (Lipinski definition) is 3. The molecular weight excluding hydrogens is 346 g/mol. The van der Waals surface area contributed by atoms with Crippen LogP contribution >= 0.6 is 11.3 Å². The molecule has 5 rings (SSSR count). The van der Waals surface area contributed by atoms with Gasteiger partial charge in [0.15, 0.2) is 0 Å². The Morgan fingerprint density at radius 2 is 2.08 bits per heavy atom. The number of nitrogens with one attached hydrogen (secondary N) is 3. The van der Waals surface area contributed by atoms with Crippen LogP contribution in [0.5, 0.6) is 0 Å². The summed E-state index contributed by atoms with van der Waals surface area (Å²) < 4.78 is 0. The summed E-state index contributed by atoms with van der Waals surface area (Å²) in [5, 5.41) is 18.1. The Morgan fingerprint density at radius 3 is 2.96 bits per heavy atom. The summed E-state index contributed by atoms with van der Waals surface area (Å²) in [4.78, 5) is 16.7. The van der Waals surface area contributed by atoms with E-state index in [1.165, 1.54) is 0 Å². The van der Waals surface area contributed by atoms with Crippen LogP contribution in [0.2, 0.25) is 0 Å². The Labute approximate surface area is 152 Å². The van der Waals surface area contributed by atoms with Gasteiger partial charge in [-0.1, -0.05) is 0 Å². The molecule has 0 fully saturated rings. The predicted molar refractivity (Wildman–Crippen MR) is 104 cm³/mol. The molecule has 4 heterocycles. The number of benzene rings is 1. The van der Waals surface area contributed by atoms with Gasteiger partial charge >= 0.3 is 0 Å². The second-order valence-corrected chi connectivity index (χ2v) is 6.74. The van der Waals surface area contributed by atoms with E-state index in [4.69, 9.17) is 0 Å². The van der Waals surface area contributed by atoms with Crippen LogP contribution in [-0.4, -0.2) is 21.1 Å². The molecule has 7 heteroatoms. The highest BCUT2D eigenvalue weighted by Crippen LogP contribution is 2.34. The number of aromatic nitrogens is 3. The molecule has 126 valence electrons. The van der Waals surface area contributed by atoms with E-state index in [0.717, 1.165) is 33.3 Å². The van der Waals surface area contributed by atoms with Gasteiger partial charge in [-0.2, -0.15) is 16.4 Å².